The maximum atomic E-state index is 15.1. The number of allylic oxidation sites excluding steroid dienone is 7. The van der Waals surface area contributed by atoms with Crippen molar-refractivity contribution in [2.24, 2.45) is 5.92 Å². The highest BCUT2D eigenvalue weighted by molar-refractivity contribution is 7.96. The number of likely N-dealkylation sites (tertiary alicyclic amines) is 1. The average Bonchev–Trinajstić information content (AvgIpc) is 3.34. The summed E-state index contributed by atoms with van der Waals surface area (Å²) >= 11 is 0. The molecule has 2 saturated heterocycles. The van der Waals surface area contributed by atoms with Crippen molar-refractivity contribution in [2.75, 3.05) is 24.6 Å². The first kappa shape index (κ1) is 32.6. The maximum absolute atomic E-state index is 15.1. The van der Waals surface area contributed by atoms with E-state index in [2.05, 4.69) is 0 Å². The number of carbonyl (C=O) groups excluding carboxylic acids is 1. The molecule has 2 aliphatic heterocycles. The number of halogens is 9. The van der Waals surface area contributed by atoms with Crippen molar-refractivity contribution in [1.29, 1.82) is 0 Å². The highest BCUT2D eigenvalue weighted by atomic mass is 32.2. The molecular formula is C25H26F9NO5S2. The van der Waals surface area contributed by atoms with Gasteiger partial charge in [0.15, 0.2) is 9.84 Å². The van der Waals surface area contributed by atoms with E-state index >= 15 is 4.39 Å². The Hall–Kier alpha value is -2.30. The van der Waals surface area contributed by atoms with E-state index in [4.69, 9.17) is 0 Å². The number of rotatable bonds is 5. The summed E-state index contributed by atoms with van der Waals surface area (Å²) in [5.74, 6) is -4.82. The molecule has 0 spiro atoms. The standard InChI is InChI=1S/C25H26F9NO5S2/c26-17-2-4-18(5-3-17)42(39,40)22(9-10-35(14-22)21(36)15-7-11-41(37,38)12-8-15)16-1-6-19(20(27)13-16)23(28,24(29,30)31)25(32,33)34/h2,4,13,15H,1,3,5-12,14H2. The molecule has 0 aromatic rings. The van der Waals surface area contributed by atoms with Gasteiger partial charge in [-0.1, -0.05) is 0 Å². The Labute approximate surface area is 235 Å². The van der Waals surface area contributed by atoms with Crippen molar-refractivity contribution < 1.29 is 61.1 Å². The van der Waals surface area contributed by atoms with Gasteiger partial charge >= 0.3 is 18.0 Å². The zero-order chi connectivity index (χ0) is 31.5. The molecular weight excluding hydrogens is 629 g/mol. The SMILES string of the molecule is O=C(C1CCS(=O)(=O)CC1)N1CCC(C2=CC(F)=C(C(F)(C(F)(F)F)C(F)(F)F)CC2)(S(=O)(=O)C2=CC=C(F)CC2)C1. The molecule has 2 heterocycles. The van der Waals surface area contributed by atoms with E-state index in [1.807, 2.05) is 0 Å². The van der Waals surface area contributed by atoms with E-state index in [0.717, 1.165) is 17.1 Å². The molecule has 0 N–H and O–H groups in total. The molecule has 4 aliphatic rings. The Morgan fingerprint density at radius 3 is 2.00 bits per heavy atom. The van der Waals surface area contributed by atoms with Crippen molar-refractivity contribution in [1.82, 2.24) is 4.90 Å². The van der Waals surface area contributed by atoms with Crippen LogP contribution in [-0.4, -0.2) is 75.0 Å². The Balaban J connectivity index is 1.79. The van der Waals surface area contributed by atoms with Gasteiger partial charge in [0.1, 0.15) is 26.2 Å². The quantitative estimate of drug-likeness (QED) is 0.365. The summed E-state index contributed by atoms with van der Waals surface area (Å²) < 4.78 is 173. The summed E-state index contributed by atoms with van der Waals surface area (Å²) in [6, 6.07) is 0. The number of carbonyl (C=O) groups is 1. The van der Waals surface area contributed by atoms with Crippen molar-refractivity contribution in [3.63, 3.8) is 0 Å². The predicted molar refractivity (Wildman–Crippen MR) is 132 cm³/mol. The van der Waals surface area contributed by atoms with E-state index in [-0.39, 0.29) is 54.7 Å². The van der Waals surface area contributed by atoms with Gasteiger partial charge in [-0.2, -0.15) is 26.3 Å². The molecule has 42 heavy (non-hydrogen) atoms. The lowest BCUT2D eigenvalue weighted by Crippen LogP contribution is -2.55. The highest BCUT2D eigenvalue weighted by Gasteiger charge is 2.75. The average molecular weight is 656 g/mol. The van der Waals surface area contributed by atoms with Crippen LogP contribution in [0.25, 0.3) is 0 Å². The van der Waals surface area contributed by atoms with Crippen molar-refractivity contribution in [3.05, 3.63) is 45.9 Å². The summed E-state index contributed by atoms with van der Waals surface area (Å²) in [5.41, 5.74) is -8.71. The van der Waals surface area contributed by atoms with Crippen molar-refractivity contribution in [2.45, 2.75) is 67.7 Å². The van der Waals surface area contributed by atoms with Gasteiger partial charge in [0.05, 0.1) is 11.5 Å². The summed E-state index contributed by atoms with van der Waals surface area (Å²) in [6.07, 6.45) is -14.7. The monoisotopic (exact) mass is 655 g/mol. The number of hydrogen-bond acceptors (Lipinski definition) is 5. The van der Waals surface area contributed by atoms with Crippen molar-refractivity contribution in [3.8, 4) is 0 Å². The second kappa shape index (κ2) is 10.7. The molecule has 0 aromatic heterocycles. The predicted octanol–water partition coefficient (Wildman–Crippen LogP) is 5.50. The minimum absolute atomic E-state index is 0.0382. The van der Waals surface area contributed by atoms with Crippen LogP contribution in [0.15, 0.2) is 45.9 Å². The van der Waals surface area contributed by atoms with Crippen LogP contribution in [-0.2, 0) is 24.5 Å². The fourth-order valence-electron chi connectivity index (χ4n) is 5.98. The van der Waals surface area contributed by atoms with Crippen LogP contribution in [0.5, 0.6) is 0 Å². The first-order chi connectivity index (χ1) is 19.2. The van der Waals surface area contributed by atoms with Gasteiger partial charge < -0.3 is 4.90 Å². The van der Waals surface area contributed by atoms with Crippen LogP contribution in [0.1, 0.15) is 44.9 Å². The molecule has 0 saturated carbocycles. The molecule has 1 amide bonds. The third kappa shape index (κ3) is 5.43. The van der Waals surface area contributed by atoms with Gasteiger partial charge in [-0.05, 0) is 62.3 Å². The Morgan fingerprint density at radius 2 is 1.50 bits per heavy atom. The van der Waals surface area contributed by atoms with Crippen molar-refractivity contribution >= 4 is 25.6 Å². The topological polar surface area (TPSA) is 88.6 Å². The molecule has 0 radical (unpaired) electrons. The van der Waals surface area contributed by atoms with Gasteiger partial charge in [0.25, 0.3) is 0 Å². The molecule has 236 valence electrons. The Bertz CT molecular complexity index is 1460. The van der Waals surface area contributed by atoms with Crippen LogP contribution in [0.2, 0.25) is 0 Å². The first-order valence-corrected chi connectivity index (χ1v) is 16.2. The lowest BCUT2D eigenvalue weighted by atomic mass is 9.81. The summed E-state index contributed by atoms with van der Waals surface area (Å²) in [4.78, 5) is 14.0. The van der Waals surface area contributed by atoms with Crippen LogP contribution >= 0.6 is 0 Å². The van der Waals surface area contributed by atoms with Gasteiger partial charge in [-0.15, -0.1) is 0 Å². The fourth-order valence-corrected chi connectivity index (χ4v) is 9.78. The fraction of sp³-hybridized carbons (Fsp3) is 0.640. The zero-order valence-corrected chi connectivity index (χ0v) is 23.4. The number of amides is 1. The summed E-state index contributed by atoms with van der Waals surface area (Å²) in [5, 5.41) is 0. The van der Waals surface area contributed by atoms with Crippen LogP contribution < -0.4 is 0 Å². The highest BCUT2D eigenvalue weighted by Crippen LogP contribution is 2.55. The zero-order valence-electron chi connectivity index (χ0n) is 21.8. The minimum atomic E-state index is -6.57. The molecule has 6 nitrogen and oxygen atoms in total. The van der Waals surface area contributed by atoms with Gasteiger partial charge in [-0.3, -0.25) is 4.79 Å². The third-order valence-corrected chi connectivity index (χ3v) is 12.8. The lowest BCUT2D eigenvalue weighted by molar-refractivity contribution is -0.327. The molecule has 2 aliphatic carbocycles. The smallest absolute Gasteiger partial charge is 0.340 e. The normalized spacial score (nSPS) is 26.6. The Morgan fingerprint density at radius 1 is 0.905 bits per heavy atom. The summed E-state index contributed by atoms with van der Waals surface area (Å²) in [6.45, 7) is -0.915. The van der Waals surface area contributed by atoms with Gasteiger partial charge in [-0.25, -0.2) is 30.0 Å². The molecule has 0 aromatic carbocycles. The largest absolute Gasteiger partial charge is 0.435 e. The second-order valence-electron chi connectivity index (χ2n) is 10.8. The minimum Gasteiger partial charge on any atom is -0.340 e. The number of sulfone groups is 2. The first-order valence-electron chi connectivity index (χ1n) is 12.9. The van der Waals surface area contributed by atoms with E-state index < -0.39 is 103 Å². The molecule has 0 bridgehead atoms. The summed E-state index contributed by atoms with van der Waals surface area (Å²) in [7, 11) is -7.99. The van der Waals surface area contributed by atoms with E-state index in [9.17, 15) is 56.8 Å². The maximum Gasteiger partial charge on any atom is 0.435 e. The van der Waals surface area contributed by atoms with Crippen LogP contribution in [0, 0.1) is 5.92 Å². The number of nitrogens with zero attached hydrogens (tertiary/aromatic N) is 1. The lowest BCUT2D eigenvalue weighted by Gasteiger charge is -2.38. The third-order valence-electron chi connectivity index (χ3n) is 8.38. The molecule has 1 unspecified atom stereocenters. The van der Waals surface area contributed by atoms with Gasteiger partial charge in [0.2, 0.25) is 5.91 Å². The molecule has 17 heteroatoms. The van der Waals surface area contributed by atoms with E-state index in [1.165, 1.54) is 0 Å². The number of alkyl halides is 7. The van der Waals surface area contributed by atoms with Gasteiger partial charge in [0, 0.05) is 35.9 Å². The molecule has 1 atom stereocenters. The van der Waals surface area contributed by atoms with Crippen LogP contribution in [0.4, 0.5) is 39.5 Å². The Kier molecular flexibility index (Phi) is 8.31. The second-order valence-corrected chi connectivity index (χ2v) is 15.4. The van der Waals surface area contributed by atoms with E-state index in [1.54, 1.807) is 0 Å². The molecule has 2 fully saturated rings. The number of hydrogen-bond donors (Lipinski definition) is 0. The van der Waals surface area contributed by atoms with E-state index in [0.29, 0.717) is 0 Å². The molecule has 4 rings (SSSR count). The van der Waals surface area contributed by atoms with Crippen LogP contribution in [0.3, 0.4) is 0 Å².